The third-order valence-electron chi connectivity index (χ3n) is 11.5. The maximum atomic E-state index is 5.11. The second-order valence-electron chi connectivity index (χ2n) is 15.2. The Balaban J connectivity index is 0.977. The molecular weight excluding hydrogens is 741 g/mol. The van der Waals surface area contributed by atoms with Crippen molar-refractivity contribution in [1.82, 2.24) is 19.6 Å². The van der Waals surface area contributed by atoms with Gasteiger partial charge in [0.15, 0.2) is 5.82 Å². The first-order chi connectivity index (χ1) is 30.2. The summed E-state index contributed by atoms with van der Waals surface area (Å²) in [6.07, 6.45) is 2.01. The fraction of sp³-hybridized carbons (Fsp3) is 0. The van der Waals surface area contributed by atoms with Crippen LogP contribution in [-0.4, -0.2) is 19.6 Å². The molecule has 3 heterocycles. The molecule has 286 valence electrons. The number of pyridine rings is 1. The number of hydrogen-bond acceptors (Lipinski definition) is 3. The van der Waals surface area contributed by atoms with Crippen molar-refractivity contribution >= 4 is 16.3 Å². The van der Waals surface area contributed by atoms with Gasteiger partial charge in [-0.3, -0.25) is 0 Å². The van der Waals surface area contributed by atoms with Crippen LogP contribution in [0.4, 0.5) is 0 Å². The maximum absolute atomic E-state index is 5.11. The molecule has 0 aliphatic heterocycles. The molecule has 0 N–H and O–H groups in total. The minimum absolute atomic E-state index is 0.699. The second kappa shape index (κ2) is 15.5. The van der Waals surface area contributed by atoms with Crippen LogP contribution >= 0.6 is 0 Å². The summed E-state index contributed by atoms with van der Waals surface area (Å²) in [6, 6.07) is 78.9. The van der Waals surface area contributed by atoms with Crippen LogP contribution in [0.15, 0.2) is 231 Å². The van der Waals surface area contributed by atoms with Crippen molar-refractivity contribution in [3.63, 3.8) is 0 Å². The average molecular weight is 779 g/mol. The molecule has 4 heteroatoms. The van der Waals surface area contributed by atoms with Crippen LogP contribution in [0.25, 0.3) is 106 Å². The van der Waals surface area contributed by atoms with E-state index in [0.717, 1.165) is 83.8 Å². The van der Waals surface area contributed by atoms with Gasteiger partial charge in [0.05, 0.1) is 28.8 Å². The summed E-state index contributed by atoms with van der Waals surface area (Å²) in [6.45, 7) is 0. The second-order valence-corrected chi connectivity index (χ2v) is 15.2. The van der Waals surface area contributed by atoms with Crippen LogP contribution in [0.5, 0.6) is 0 Å². The van der Waals surface area contributed by atoms with Gasteiger partial charge in [-0.05, 0) is 50.9 Å². The summed E-state index contributed by atoms with van der Waals surface area (Å²) in [4.78, 5) is 10.2. The van der Waals surface area contributed by atoms with Gasteiger partial charge in [0.2, 0.25) is 0 Å². The zero-order chi connectivity index (χ0) is 40.5. The van der Waals surface area contributed by atoms with Gasteiger partial charge in [0, 0.05) is 38.8 Å². The molecule has 0 atom stereocenters. The molecule has 0 aliphatic carbocycles. The molecule has 0 bridgehead atoms. The first-order valence-corrected chi connectivity index (χ1v) is 20.6. The number of nitrogens with zero attached hydrogens (tertiary/aromatic N) is 4. The molecule has 8 aromatic carbocycles. The average Bonchev–Trinajstić information content (AvgIpc) is 3.80. The molecule has 0 unspecified atom stereocenters. The van der Waals surface area contributed by atoms with Crippen LogP contribution in [0, 0.1) is 0 Å². The predicted octanol–water partition coefficient (Wildman–Crippen LogP) is 14.6. The summed E-state index contributed by atoms with van der Waals surface area (Å²) >= 11 is 0. The van der Waals surface area contributed by atoms with Crippen molar-refractivity contribution in [2.75, 3.05) is 0 Å². The van der Waals surface area contributed by atoms with Gasteiger partial charge in [-0.15, -0.1) is 0 Å². The Kier molecular flexibility index (Phi) is 9.14. The van der Waals surface area contributed by atoms with E-state index in [0.29, 0.717) is 5.82 Å². The van der Waals surface area contributed by atoms with E-state index in [-0.39, 0.29) is 0 Å². The highest BCUT2D eigenvalue weighted by Gasteiger charge is 2.21. The monoisotopic (exact) mass is 778 g/mol. The summed E-state index contributed by atoms with van der Waals surface area (Å²) in [7, 11) is 0. The lowest BCUT2D eigenvalue weighted by Crippen LogP contribution is -2.00. The van der Waals surface area contributed by atoms with Gasteiger partial charge in [-0.2, -0.15) is 5.10 Å². The van der Waals surface area contributed by atoms with Crippen molar-refractivity contribution < 1.29 is 0 Å². The van der Waals surface area contributed by atoms with Gasteiger partial charge in [-0.25, -0.2) is 14.5 Å². The molecule has 0 aliphatic rings. The molecular formula is C57H38N4. The smallest absolute Gasteiger partial charge is 0.160 e. The molecule has 4 nitrogen and oxygen atoms in total. The normalized spacial score (nSPS) is 11.3. The van der Waals surface area contributed by atoms with E-state index in [1.807, 2.05) is 30.5 Å². The Labute approximate surface area is 354 Å². The van der Waals surface area contributed by atoms with Gasteiger partial charge < -0.3 is 0 Å². The van der Waals surface area contributed by atoms with Crippen LogP contribution in [-0.2, 0) is 0 Å². The van der Waals surface area contributed by atoms with Crippen LogP contribution < -0.4 is 0 Å². The van der Waals surface area contributed by atoms with E-state index in [1.54, 1.807) is 0 Å². The fourth-order valence-electron chi connectivity index (χ4n) is 8.51. The Bertz CT molecular complexity index is 3300. The predicted molar refractivity (Wildman–Crippen MR) is 252 cm³/mol. The topological polar surface area (TPSA) is 43.1 Å². The van der Waals surface area contributed by atoms with E-state index < -0.39 is 0 Å². The lowest BCUT2D eigenvalue weighted by atomic mass is 9.91. The summed E-state index contributed by atoms with van der Waals surface area (Å²) in [5.41, 5.74) is 17.2. The highest BCUT2D eigenvalue weighted by atomic mass is 15.2. The first kappa shape index (κ1) is 35.9. The molecule has 0 spiro atoms. The molecule has 61 heavy (non-hydrogen) atoms. The number of aromatic nitrogens is 4. The quantitative estimate of drug-likeness (QED) is 0.154. The number of hydrogen-bond donors (Lipinski definition) is 0. The summed E-state index contributed by atoms with van der Waals surface area (Å²) < 4.78 is 2.14. The third kappa shape index (κ3) is 6.76. The zero-order valence-corrected chi connectivity index (χ0v) is 33.2. The first-order valence-electron chi connectivity index (χ1n) is 20.6. The Morgan fingerprint density at radius 1 is 0.311 bits per heavy atom. The van der Waals surface area contributed by atoms with Crippen LogP contribution in [0.3, 0.4) is 0 Å². The van der Waals surface area contributed by atoms with E-state index in [2.05, 4.69) is 205 Å². The fourth-order valence-corrected chi connectivity index (χ4v) is 8.51. The Hall–Kier alpha value is -8.21. The SMILES string of the molecule is c1ccc(-c2cccc(-c3cc(-c4ccc(-c5ccc(-c6c(-c7ccccc7)n7ncc(-c8ccccc8)c7c7ccccc67)cc5)cc4)nc(-c4ccccc4)n3)c2)cc1. The Morgan fingerprint density at radius 3 is 1.41 bits per heavy atom. The lowest BCUT2D eigenvalue weighted by molar-refractivity contribution is 0.976. The molecule has 11 aromatic rings. The highest BCUT2D eigenvalue weighted by Crippen LogP contribution is 2.43. The minimum atomic E-state index is 0.699. The Morgan fingerprint density at radius 2 is 0.770 bits per heavy atom. The standard InChI is InChI=1S/C57H38N4/c1-5-16-39(17-6-1)47-24-15-25-48(36-47)53-37-52(59-57(60-53)46-22-11-4-12-23-46)43-32-28-40(29-33-43)41-30-34-44(35-31-41)54-49-26-13-14-27-50(49)56-51(42-18-7-2-8-19-42)38-58-61(56)55(54)45-20-9-3-10-21-45/h1-38H. The zero-order valence-electron chi connectivity index (χ0n) is 33.2. The number of rotatable bonds is 8. The van der Waals surface area contributed by atoms with E-state index >= 15 is 0 Å². The third-order valence-corrected chi connectivity index (χ3v) is 11.5. The molecule has 0 fully saturated rings. The van der Waals surface area contributed by atoms with Gasteiger partial charge in [0.25, 0.3) is 0 Å². The molecule has 11 rings (SSSR count). The summed E-state index contributed by atoms with van der Waals surface area (Å²) in [5.74, 6) is 0.699. The van der Waals surface area contributed by atoms with Crippen molar-refractivity contribution in [1.29, 1.82) is 0 Å². The van der Waals surface area contributed by atoms with E-state index in [1.165, 1.54) is 16.3 Å². The van der Waals surface area contributed by atoms with Crippen molar-refractivity contribution in [2.24, 2.45) is 0 Å². The minimum Gasteiger partial charge on any atom is -0.231 e. The van der Waals surface area contributed by atoms with Crippen LogP contribution in [0.1, 0.15) is 0 Å². The van der Waals surface area contributed by atoms with E-state index in [4.69, 9.17) is 15.1 Å². The largest absolute Gasteiger partial charge is 0.231 e. The van der Waals surface area contributed by atoms with Crippen LogP contribution in [0.2, 0.25) is 0 Å². The van der Waals surface area contributed by atoms with E-state index in [9.17, 15) is 0 Å². The van der Waals surface area contributed by atoms with Crippen molar-refractivity contribution in [2.45, 2.75) is 0 Å². The van der Waals surface area contributed by atoms with Crippen molar-refractivity contribution in [3.05, 3.63) is 231 Å². The number of benzene rings is 8. The molecule has 0 amide bonds. The van der Waals surface area contributed by atoms with Gasteiger partial charge >= 0.3 is 0 Å². The lowest BCUT2D eigenvalue weighted by Gasteiger charge is -2.18. The maximum Gasteiger partial charge on any atom is 0.160 e. The van der Waals surface area contributed by atoms with Gasteiger partial charge in [0.1, 0.15) is 0 Å². The number of fused-ring (bicyclic) bond motifs is 3. The van der Waals surface area contributed by atoms with Gasteiger partial charge in [-0.1, -0.05) is 212 Å². The van der Waals surface area contributed by atoms with Crippen molar-refractivity contribution in [3.8, 4) is 89.7 Å². The molecule has 3 aromatic heterocycles. The molecule has 0 radical (unpaired) electrons. The molecule has 0 saturated carbocycles. The summed E-state index contributed by atoms with van der Waals surface area (Å²) in [5, 5.41) is 7.43. The molecule has 0 saturated heterocycles. The highest BCUT2D eigenvalue weighted by molar-refractivity contribution is 6.13.